The summed E-state index contributed by atoms with van der Waals surface area (Å²) >= 11 is 1.19. The van der Waals surface area contributed by atoms with E-state index in [0.29, 0.717) is 18.1 Å². The maximum absolute atomic E-state index is 12.7. The third-order valence-corrected chi connectivity index (χ3v) is 7.02. The predicted octanol–water partition coefficient (Wildman–Crippen LogP) is 0.943. The number of hydrogen-bond donors (Lipinski definition) is 1. The number of amides is 2. The number of rotatable bonds is 7. The maximum atomic E-state index is 12.7. The van der Waals surface area contributed by atoms with Crippen molar-refractivity contribution in [2.45, 2.75) is 35.6 Å². The number of nitrogens with one attached hydrogen (secondary N) is 1. The second kappa shape index (κ2) is 10.0. The van der Waals surface area contributed by atoms with Gasteiger partial charge in [-0.05, 0) is 25.0 Å². The van der Waals surface area contributed by atoms with Gasteiger partial charge in [0, 0.05) is 33.4 Å². The summed E-state index contributed by atoms with van der Waals surface area (Å²) in [5.74, 6) is -0.362. The highest BCUT2D eigenvalue weighted by molar-refractivity contribution is 7.99. The third kappa shape index (κ3) is 6.47. The van der Waals surface area contributed by atoms with Gasteiger partial charge in [-0.2, -0.15) is 4.31 Å². The molecule has 0 aliphatic carbocycles. The summed E-state index contributed by atoms with van der Waals surface area (Å²) in [5.41, 5.74) is 0. The first kappa shape index (κ1) is 21.6. The zero-order valence-corrected chi connectivity index (χ0v) is 17.3. The Balaban J connectivity index is 1.89. The summed E-state index contributed by atoms with van der Waals surface area (Å²) in [4.78, 5) is 28.9. The average Bonchev–Trinajstić information content (AvgIpc) is 2.94. The molecule has 1 aliphatic heterocycles. The Kier molecular flexibility index (Phi) is 8.06. The number of sulfonamides is 1. The van der Waals surface area contributed by atoms with Gasteiger partial charge in [0.2, 0.25) is 21.8 Å². The van der Waals surface area contributed by atoms with Crippen LogP contribution >= 0.6 is 11.8 Å². The Morgan fingerprint density at radius 3 is 2.41 bits per heavy atom. The topological polar surface area (TPSA) is 99.7 Å². The van der Waals surface area contributed by atoms with Gasteiger partial charge in [0.15, 0.2) is 0 Å². The van der Waals surface area contributed by atoms with Gasteiger partial charge < -0.3 is 10.2 Å². The normalized spacial score (nSPS) is 15.8. The molecule has 0 unspecified atom stereocenters. The minimum atomic E-state index is -3.52. The van der Waals surface area contributed by atoms with Crippen LogP contribution in [0.5, 0.6) is 0 Å². The van der Waals surface area contributed by atoms with E-state index in [0.717, 1.165) is 25.7 Å². The average molecular weight is 415 g/mol. The van der Waals surface area contributed by atoms with Gasteiger partial charge in [-0.15, -0.1) is 0 Å². The first-order valence-electron chi connectivity index (χ1n) is 8.86. The highest BCUT2D eigenvalue weighted by Crippen LogP contribution is 2.22. The van der Waals surface area contributed by atoms with Crippen LogP contribution in [-0.4, -0.2) is 73.9 Å². The van der Waals surface area contributed by atoms with Crippen molar-refractivity contribution in [3.63, 3.8) is 0 Å². The molecule has 150 valence electrons. The van der Waals surface area contributed by atoms with Crippen LogP contribution in [0.1, 0.15) is 25.7 Å². The summed E-state index contributed by atoms with van der Waals surface area (Å²) in [7, 11) is -0.281. The highest BCUT2D eigenvalue weighted by atomic mass is 32.2. The number of nitrogens with zero attached hydrogens (tertiary/aromatic N) is 3. The van der Waals surface area contributed by atoms with Crippen molar-refractivity contribution in [2.24, 2.45) is 0 Å². The quantitative estimate of drug-likeness (QED) is 0.667. The molecule has 0 saturated carbocycles. The van der Waals surface area contributed by atoms with Crippen LogP contribution in [0.3, 0.4) is 0 Å². The second-order valence-electron chi connectivity index (χ2n) is 6.50. The summed E-state index contributed by atoms with van der Waals surface area (Å²) in [6, 6.07) is 3.14. The smallest absolute Gasteiger partial charge is 0.244 e. The molecule has 0 atom stereocenters. The molecule has 2 rings (SSSR count). The standard InChI is InChI=1S/C17H26N4O4S2/c1-20(2)17(23)12-18-15(22)13-26-16-8-7-14(11-19-16)27(24,25)21-9-5-3-4-6-10-21/h7-8,11H,3-6,9-10,12-13H2,1-2H3,(H,18,22). The van der Waals surface area contributed by atoms with E-state index in [1.807, 2.05) is 0 Å². The van der Waals surface area contributed by atoms with Crippen LogP contribution in [0.2, 0.25) is 0 Å². The lowest BCUT2D eigenvalue weighted by molar-refractivity contribution is -0.130. The Bertz CT molecular complexity index is 743. The molecule has 10 heteroatoms. The van der Waals surface area contributed by atoms with Crippen molar-refractivity contribution in [3.05, 3.63) is 18.3 Å². The van der Waals surface area contributed by atoms with Crippen LogP contribution in [0, 0.1) is 0 Å². The second-order valence-corrected chi connectivity index (χ2v) is 9.44. The number of carbonyl (C=O) groups excluding carboxylic acids is 2. The number of thioether (sulfide) groups is 1. The molecule has 1 N–H and O–H groups in total. The number of carbonyl (C=O) groups is 2. The van der Waals surface area contributed by atoms with E-state index in [9.17, 15) is 18.0 Å². The van der Waals surface area contributed by atoms with Crippen molar-refractivity contribution in [2.75, 3.05) is 39.5 Å². The zero-order chi connectivity index (χ0) is 19.9. The molecule has 1 saturated heterocycles. The van der Waals surface area contributed by atoms with Crippen molar-refractivity contribution < 1.29 is 18.0 Å². The lowest BCUT2D eigenvalue weighted by atomic mass is 10.2. The van der Waals surface area contributed by atoms with Crippen molar-refractivity contribution in [1.82, 2.24) is 19.5 Å². The molecule has 0 radical (unpaired) electrons. The molecule has 0 aromatic carbocycles. The lowest BCUT2D eigenvalue weighted by Gasteiger charge is -2.19. The summed E-state index contributed by atoms with van der Waals surface area (Å²) in [6.07, 6.45) is 5.22. The molecule has 1 aliphatic rings. The minimum absolute atomic E-state index is 0.0488. The van der Waals surface area contributed by atoms with Gasteiger partial charge in [-0.25, -0.2) is 13.4 Å². The Labute approximate surface area is 164 Å². The Morgan fingerprint density at radius 1 is 1.19 bits per heavy atom. The third-order valence-electron chi connectivity index (χ3n) is 4.20. The molecule has 2 amide bonds. The molecule has 1 aromatic heterocycles. The fourth-order valence-electron chi connectivity index (χ4n) is 2.56. The van der Waals surface area contributed by atoms with Gasteiger partial charge in [0.05, 0.1) is 17.3 Å². The Hall–Kier alpha value is -1.65. The van der Waals surface area contributed by atoms with E-state index in [1.54, 1.807) is 20.2 Å². The highest BCUT2D eigenvalue weighted by Gasteiger charge is 2.25. The maximum Gasteiger partial charge on any atom is 0.244 e. The van der Waals surface area contributed by atoms with E-state index < -0.39 is 10.0 Å². The van der Waals surface area contributed by atoms with Gasteiger partial charge >= 0.3 is 0 Å². The molecule has 0 spiro atoms. The van der Waals surface area contributed by atoms with Gasteiger partial charge in [-0.3, -0.25) is 9.59 Å². The number of aromatic nitrogens is 1. The number of hydrogen-bond acceptors (Lipinski definition) is 6. The van der Waals surface area contributed by atoms with E-state index in [-0.39, 0.29) is 29.0 Å². The van der Waals surface area contributed by atoms with Gasteiger partial charge in [0.25, 0.3) is 0 Å². The Morgan fingerprint density at radius 2 is 1.85 bits per heavy atom. The molecule has 1 aromatic rings. The number of pyridine rings is 1. The van der Waals surface area contributed by atoms with Crippen molar-refractivity contribution >= 4 is 33.6 Å². The van der Waals surface area contributed by atoms with Crippen LogP contribution in [0.4, 0.5) is 0 Å². The van der Waals surface area contributed by atoms with Crippen LogP contribution in [0.15, 0.2) is 28.3 Å². The first-order chi connectivity index (χ1) is 12.8. The van der Waals surface area contributed by atoms with Crippen molar-refractivity contribution in [3.8, 4) is 0 Å². The van der Waals surface area contributed by atoms with E-state index in [4.69, 9.17) is 0 Å². The lowest BCUT2D eigenvalue weighted by Crippen LogP contribution is -2.36. The van der Waals surface area contributed by atoms with E-state index >= 15 is 0 Å². The van der Waals surface area contributed by atoms with Crippen LogP contribution in [0.25, 0.3) is 0 Å². The van der Waals surface area contributed by atoms with Crippen molar-refractivity contribution in [1.29, 1.82) is 0 Å². The SMILES string of the molecule is CN(C)C(=O)CNC(=O)CSc1ccc(S(=O)(=O)N2CCCCCC2)cn1. The largest absolute Gasteiger partial charge is 0.347 e. The molecule has 2 heterocycles. The van der Waals surface area contributed by atoms with Crippen LogP contribution < -0.4 is 5.32 Å². The molecule has 8 nitrogen and oxygen atoms in total. The predicted molar refractivity (Wildman–Crippen MR) is 104 cm³/mol. The molecular formula is C17H26N4O4S2. The van der Waals surface area contributed by atoms with Gasteiger partial charge in [-0.1, -0.05) is 24.6 Å². The fourth-order valence-corrected chi connectivity index (χ4v) is 4.69. The molecule has 0 bridgehead atoms. The fraction of sp³-hybridized carbons (Fsp3) is 0.588. The molecule has 1 fully saturated rings. The monoisotopic (exact) mass is 414 g/mol. The number of likely N-dealkylation sites (N-methyl/N-ethyl adjacent to an activating group) is 1. The van der Waals surface area contributed by atoms with Gasteiger partial charge in [0.1, 0.15) is 4.90 Å². The zero-order valence-electron chi connectivity index (χ0n) is 15.7. The summed E-state index contributed by atoms with van der Waals surface area (Å²) in [5, 5.41) is 3.09. The summed E-state index contributed by atoms with van der Waals surface area (Å²) in [6.45, 7) is 1.04. The van der Waals surface area contributed by atoms with E-state index in [2.05, 4.69) is 10.3 Å². The molecule has 27 heavy (non-hydrogen) atoms. The first-order valence-corrected chi connectivity index (χ1v) is 11.3. The molecular weight excluding hydrogens is 388 g/mol. The minimum Gasteiger partial charge on any atom is -0.347 e. The van der Waals surface area contributed by atoms with Crippen LogP contribution in [-0.2, 0) is 19.6 Å². The van der Waals surface area contributed by atoms with E-state index in [1.165, 1.54) is 33.2 Å². The summed E-state index contributed by atoms with van der Waals surface area (Å²) < 4.78 is 26.9.